The third-order valence-corrected chi connectivity index (χ3v) is 5.27. The van der Waals surface area contributed by atoms with E-state index in [2.05, 4.69) is 5.32 Å². The lowest BCUT2D eigenvalue weighted by Gasteiger charge is -2.37. The molecule has 5 nitrogen and oxygen atoms in total. The first-order valence-electron chi connectivity index (χ1n) is 10.5. The number of carbonyl (C=O) groups is 1. The smallest absolute Gasteiger partial charge is 0.252 e. The van der Waals surface area contributed by atoms with Gasteiger partial charge in [0.2, 0.25) is 0 Å². The summed E-state index contributed by atoms with van der Waals surface area (Å²) in [7, 11) is 0. The molecule has 5 heteroatoms. The predicted octanol–water partition coefficient (Wildman–Crippen LogP) is 3.87. The number of ether oxygens (including phenoxy) is 3. The molecule has 1 amide bonds. The minimum absolute atomic E-state index is 0.173. The molecule has 3 aromatic carbocycles. The van der Waals surface area contributed by atoms with Gasteiger partial charge in [-0.05, 0) is 16.7 Å². The number of benzene rings is 3. The maximum atomic E-state index is 12.7. The predicted molar refractivity (Wildman–Crippen MR) is 118 cm³/mol. The van der Waals surface area contributed by atoms with Gasteiger partial charge in [0.05, 0.1) is 19.8 Å². The van der Waals surface area contributed by atoms with Crippen molar-refractivity contribution in [1.29, 1.82) is 0 Å². The van der Waals surface area contributed by atoms with E-state index in [4.69, 9.17) is 14.2 Å². The van der Waals surface area contributed by atoms with E-state index in [0.29, 0.717) is 26.4 Å². The number of amides is 1. The molecule has 1 fully saturated rings. The van der Waals surface area contributed by atoms with Crippen LogP contribution in [0.3, 0.4) is 0 Å². The van der Waals surface area contributed by atoms with Crippen LogP contribution < -0.4 is 5.32 Å². The first-order chi connectivity index (χ1) is 15.3. The van der Waals surface area contributed by atoms with Gasteiger partial charge in [-0.1, -0.05) is 91.0 Å². The lowest BCUT2D eigenvalue weighted by molar-refractivity contribution is -0.179. The van der Waals surface area contributed by atoms with Crippen LogP contribution in [0.4, 0.5) is 0 Å². The Morgan fingerprint density at radius 1 is 0.645 bits per heavy atom. The quantitative estimate of drug-likeness (QED) is 0.574. The molecule has 160 valence electrons. The maximum absolute atomic E-state index is 12.7. The van der Waals surface area contributed by atoms with Crippen LogP contribution in [0.15, 0.2) is 91.0 Å². The fraction of sp³-hybridized carbons (Fsp3) is 0.269. The second-order valence-corrected chi connectivity index (χ2v) is 7.56. The summed E-state index contributed by atoms with van der Waals surface area (Å²) in [5.41, 5.74) is 3.12. The topological polar surface area (TPSA) is 56.8 Å². The van der Waals surface area contributed by atoms with Crippen molar-refractivity contribution in [3.8, 4) is 0 Å². The summed E-state index contributed by atoms with van der Waals surface area (Å²) in [6.07, 6.45) is -1.58. The minimum Gasteiger partial charge on any atom is -0.369 e. The zero-order chi connectivity index (χ0) is 21.3. The number of piperidine rings is 1. The number of hydrogen-bond donors (Lipinski definition) is 1. The van der Waals surface area contributed by atoms with Gasteiger partial charge in [-0.3, -0.25) is 4.79 Å². The van der Waals surface area contributed by atoms with Crippen molar-refractivity contribution in [1.82, 2.24) is 5.32 Å². The molecular weight excluding hydrogens is 390 g/mol. The maximum Gasteiger partial charge on any atom is 0.252 e. The molecule has 0 aliphatic carbocycles. The molecular formula is C26H27NO4. The summed E-state index contributed by atoms with van der Waals surface area (Å²) in [5.74, 6) is -0.173. The summed E-state index contributed by atoms with van der Waals surface area (Å²) in [4.78, 5) is 12.7. The monoisotopic (exact) mass is 417 g/mol. The summed E-state index contributed by atoms with van der Waals surface area (Å²) in [6, 6.07) is 29.7. The molecule has 1 N–H and O–H groups in total. The number of hydrogen-bond acceptors (Lipinski definition) is 4. The first-order valence-corrected chi connectivity index (χ1v) is 10.5. The van der Waals surface area contributed by atoms with E-state index in [1.54, 1.807) is 0 Å². The molecule has 0 spiro atoms. The van der Waals surface area contributed by atoms with Crippen molar-refractivity contribution < 1.29 is 19.0 Å². The molecule has 3 atom stereocenters. The molecule has 0 radical (unpaired) electrons. The molecule has 0 saturated carbocycles. The summed E-state index contributed by atoms with van der Waals surface area (Å²) < 4.78 is 18.5. The summed E-state index contributed by atoms with van der Waals surface area (Å²) in [6.45, 7) is 1.54. The van der Waals surface area contributed by atoms with E-state index in [1.165, 1.54) is 0 Å². The van der Waals surface area contributed by atoms with Gasteiger partial charge in [0.25, 0.3) is 5.91 Å². The van der Waals surface area contributed by atoms with Gasteiger partial charge >= 0.3 is 0 Å². The molecule has 0 aromatic heterocycles. The van der Waals surface area contributed by atoms with Crippen LogP contribution >= 0.6 is 0 Å². The van der Waals surface area contributed by atoms with Crippen LogP contribution in [0.5, 0.6) is 0 Å². The Bertz CT molecular complexity index is 933. The zero-order valence-electron chi connectivity index (χ0n) is 17.4. The normalized spacial score (nSPS) is 20.9. The fourth-order valence-corrected chi connectivity index (χ4v) is 3.59. The Morgan fingerprint density at radius 3 is 1.61 bits per heavy atom. The highest BCUT2D eigenvalue weighted by atomic mass is 16.6. The highest BCUT2D eigenvalue weighted by molar-refractivity contribution is 5.82. The third-order valence-electron chi connectivity index (χ3n) is 5.27. The van der Waals surface area contributed by atoms with E-state index >= 15 is 0 Å². The average Bonchev–Trinajstić information content (AvgIpc) is 2.83. The molecule has 0 unspecified atom stereocenters. The van der Waals surface area contributed by atoms with Crippen LogP contribution in [-0.4, -0.2) is 30.8 Å². The Kier molecular flexibility index (Phi) is 7.45. The molecule has 1 aliphatic heterocycles. The van der Waals surface area contributed by atoms with Crippen LogP contribution in [0.2, 0.25) is 0 Å². The minimum atomic E-state index is -0.751. The van der Waals surface area contributed by atoms with Crippen LogP contribution in [0, 0.1) is 0 Å². The lowest BCUT2D eigenvalue weighted by Crippen LogP contribution is -2.59. The molecule has 1 saturated heterocycles. The van der Waals surface area contributed by atoms with Gasteiger partial charge in [-0.25, -0.2) is 0 Å². The van der Waals surface area contributed by atoms with Gasteiger partial charge in [0, 0.05) is 6.54 Å². The van der Waals surface area contributed by atoms with Crippen molar-refractivity contribution in [2.75, 3.05) is 6.54 Å². The van der Waals surface area contributed by atoms with Crippen molar-refractivity contribution in [3.05, 3.63) is 108 Å². The molecule has 0 bridgehead atoms. The van der Waals surface area contributed by atoms with Gasteiger partial charge in [-0.15, -0.1) is 0 Å². The molecule has 1 heterocycles. The Labute approximate surface area is 183 Å². The van der Waals surface area contributed by atoms with E-state index in [9.17, 15) is 4.79 Å². The highest BCUT2D eigenvalue weighted by Gasteiger charge is 2.41. The largest absolute Gasteiger partial charge is 0.369 e. The highest BCUT2D eigenvalue weighted by Crippen LogP contribution is 2.21. The number of nitrogens with one attached hydrogen (secondary N) is 1. The second-order valence-electron chi connectivity index (χ2n) is 7.56. The van der Waals surface area contributed by atoms with Gasteiger partial charge in [0.15, 0.2) is 6.10 Å². The second kappa shape index (κ2) is 10.9. The van der Waals surface area contributed by atoms with Crippen molar-refractivity contribution >= 4 is 5.91 Å². The summed E-state index contributed by atoms with van der Waals surface area (Å²) >= 11 is 0. The Morgan fingerprint density at radius 2 is 1.10 bits per heavy atom. The van der Waals surface area contributed by atoms with E-state index in [-0.39, 0.29) is 12.0 Å². The molecule has 31 heavy (non-hydrogen) atoms. The van der Waals surface area contributed by atoms with Crippen LogP contribution in [-0.2, 0) is 38.8 Å². The van der Waals surface area contributed by atoms with Gasteiger partial charge in [-0.2, -0.15) is 0 Å². The molecule has 1 aliphatic rings. The fourth-order valence-electron chi connectivity index (χ4n) is 3.59. The average molecular weight is 418 g/mol. The van der Waals surface area contributed by atoms with Crippen molar-refractivity contribution in [3.63, 3.8) is 0 Å². The molecule has 3 aromatic rings. The van der Waals surface area contributed by atoms with Crippen molar-refractivity contribution in [2.45, 2.75) is 38.1 Å². The van der Waals surface area contributed by atoms with Gasteiger partial charge in [0.1, 0.15) is 12.2 Å². The Balaban J connectivity index is 1.47. The van der Waals surface area contributed by atoms with E-state index in [1.807, 2.05) is 91.0 Å². The SMILES string of the molecule is O=C1NC[C@H](OCc2ccccc2)[C@@H](OCc2ccccc2)[C@@H]1OCc1ccccc1. The third kappa shape index (κ3) is 6.01. The van der Waals surface area contributed by atoms with Crippen molar-refractivity contribution in [2.24, 2.45) is 0 Å². The standard InChI is InChI=1S/C26H27NO4/c28-26-25(31-19-22-14-8-3-9-15-22)24(30-18-21-12-6-2-7-13-21)23(16-27-26)29-17-20-10-4-1-5-11-20/h1-15,23-25H,16-19H2,(H,27,28)/t23-,24+,25-/m0/s1. The van der Waals surface area contributed by atoms with E-state index < -0.39 is 12.2 Å². The van der Waals surface area contributed by atoms with Crippen LogP contribution in [0.1, 0.15) is 16.7 Å². The Hall–Kier alpha value is -2.99. The first kappa shape index (κ1) is 21.2. The molecule has 4 rings (SSSR count). The van der Waals surface area contributed by atoms with Gasteiger partial charge < -0.3 is 19.5 Å². The lowest BCUT2D eigenvalue weighted by atomic mass is 10.0. The van der Waals surface area contributed by atoms with E-state index in [0.717, 1.165) is 16.7 Å². The van der Waals surface area contributed by atoms with Crippen LogP contribution in [0.25, 0.3) is 0 Å². The number of rotatable bonds is 9. The number of carbonyl (C=O) groups excluding carboxylic acids is 1. The zero-order valence-corrected chi connectivity index (χ0v) is 17.4. The summed E-state index contributed by atoms with van der Waals surface area (Å²) in [5, 5.41) is 2.91.